The molecular formula is C27H31BrN2O2. The van der Waals surface area contributed by atoms with Gasteiger partial charge < -0.3 is 14.8 Å². The van der Waals surface area contributed by atoms with Crippen LogP contribution >= 0.6 is 15.9 Å². The van der Waals surface area contributed by atoms with Crippen molar-refractivity contribution in [2.75, 3.05) is 32.1 Å². The van der Waals surface area contributed by atoms with Gasteiger partial charge in [0.15, 0.2) is 0 Å². The molecular weight excluding hydrogens is 464 g/mol. The topological polar surface area (TPSA) is 33.7 Å². The summed E-state index contributed by atoms with van der Waals surface area (Å²) in [6.07, 6.45) is 3.55. The average molecular weight is 495 g/mol. The predicted molar refractivity (Wildman–Crippen MR) is 135 cm³/mol. The zero-order valence-electron chi connectivity index (χ0n) is 18.6. The number of benzene rings is 3. The van der Waals surface area contributed by atoms with Crippen molar-refractivity contribution in [1.29, 1.82) is 0 Å². The number of ether oxygens (including phenoxy) is 2. The Bertz CT molecular complexity index is 993. The van der Waals surface area contributed by atoms with Crippen molar-refractivity contribution < 1.29 is 9.47 Å². The fourth-order valence-corrected chi connectivity index (χ4v) is 4.62. The van der Waals surface area contributed by atoms with Gasteiger partial charge in [0.05, 0.1) is 12.8 Å². The normalized spacial score (nSPS) is 16.1. The third-order valence-electron chi connectivity index (χ3n) is 6.10. The van der Waals surface area contributed by atoms with Gasteiger partial charge in [0.25, 0.3) is 0 Å². The molecule has 1 N–H and O–H groups in total. The SMILES string of the molecule is COc1ccc(CCN2CCCC2CNc2ccccc2OCc2ccccc2Br)cc1. The molecule has 0 bridgehead atoms. The van der Waals surface area contributed by atoms with E-state index >= 15 is 0 Å². The van der Waals surface area contributed by atoms with Gasteiger partial charge in [0, 0.05) is 29.2 Å². The molecule has 0 amide bonds. The summed E-state index contributed by atoms with van der Waals surface area (Å²) < 4.78 is 12.5. The molecule has 0 aromatic heterocycles. The number of anilines is 1. The van der Waals surface area contributed by atoms with Gasteiger partial charge in [-0.15, -0.1) is 0 Å². The monoisotopic (exact) mass is 494 g/mol. The van der Waals surface area contributed by atoms with Gasteiger partial charge in [-0.1, -0.05) is 58.4 Å². The second-order valence-corrected chi connectivity index (χ2v) is 9.04. The van der Waals surface area contributed by atoms with Crippen LogP contribution in [0.3, 0.4) is 0 Å². The first kappa shape index (κ1) is 22.7. The van der Waals surface area contributed by atoms with Crippen molar-refractivity contribution in [1.82, 2.24) is 4.90 Å². The number of nitrogens with one attached hydrogen (secondary N) is 1. The first-order valence-corrected chi connectivity index (χ1v) is 12.1. The lowest BCUT2D eigenvalue weighted by Gasteiger charge is -2.25. The van der Waals surface area contributed by atoms with Gasteiger partial charge in [0.1, 0.15) is 18.1 Å². The van der Waals surface area contributed by atoms with Gasteiger partial charge in [-0.25, -0.2) is 0 Å². The predicted octanol–water partition coefficient (Wildman–Crippen LogP) is 6.16. The number of hydrogen-bond acceptors (Lipinski definition) is 4. The van der Waals surface area contributed by atoms with Crippen LogP contribution in [-0.2, 0) is 13.0 Å². The minimum absolute atomic E-state index is 0.539. The van der Waals surface area contributed by atoms with Gasteiger partial charge in [-0.05, 0) is 61.7 Å². The van der Waals surface area contributed by atoms with Gasteiger partial charge in [-0.3, -0.25) is 4.90 Å². The molecule has 1 aliphatic heterocycles. The van der Waals surface area contributed by atoms with E-state index in [9.17, 15) is 0 Å². The third-order valence-corrected chi connectivity index (χ3v) is 6.88. The largest absolute Gasteiger partial charge is 0.497 e. The maximum atomic E-state index is 6.15. The molecule has 1 heterocycles. The van der Waals surface area contributed by atoms with Crippen molar-refractivity contribution in [2.24, 2.45) is 0 Å². The van der Waals surface area contributed by atoms with Gasteiger partial charge in [-0.2, -0.15) is 0 Å². The van der Waals surface area contributed by atoms with E-state index in [0.717, 1.165) is 46.7 Å². The van der Waals surface area contributed by atoms with Crippen molar-refractivity contribution >= 4 is 21.6 Å². The summed E-state index contributed by atoms with van der Waals surface area (Å²) in [7, 11) is 1.71. The molecule has 32 heavy (non-hydrogen) atoms. The van der Waals surface area contributed by atoms with Crippen LogP contribution in [0.4, 0.5) is 5.69 Å². The summed E-state index contributed by atoms with van der Waals surface area (Å²) >= 11 is 3.60. The number of likely N-dealkylation sites (tertiary alicyclic amines) is 1. The molecule has 4 nitrogen and oxygen atoms in total. The van der Waals surface area contributed by atoms with E-state index in [-0.39, 0.29) is 0 Å². The zero-order chi connectivity index (χ0) is 22.2. The highest BCUT2D eigenvalue weighted by atomic mass is 79.9. The summed E-state index contributed by atoms with van der Waals surface area (Å²) in [5.41, 5.74) is 3.56. The Kier molecular flexibility index (Phi) is 8.07. The van der Waals surface area contributed by atoms with E-state index in [1.54, 1.807) is 7.11 Å². The Labute approximate surface area is 199 Å². The van der Waals surface area contributed by atoms with E-state index in [2.05, 4.69) is 56.5 Å². The number of para-hydroxylation sites is 2. The maximum absolute atomic E-state index is 6.15. The van der Waals surface area contributed by atoms with Crippen LogP contribution in [0.2, 0.25) is 0 Å². The number of hydrogen-bond donors (Lipinski definition) is 1. The Morgan fingerprint density at radius 1 is 1.00 bits per heavy atom. The van der Waals surface area contributed by atoms with Gasteiger partial charge >= 0.3 is 0 Å². The van der Waals surface area contributed by atoms with Crippen molar-refractivity contribution in [3.05, 3.63) is 88.4 Å². The Morgan fingerprint density at radius 2 is 1.78 bits per heavy atom. The van der Waals surface area contributed by atoms with Crippen molar-refractivity contribution in [3.63, 3.8) is 0 Å². The van der Waals surface area contributed by atoms with Crippen LogP contribution in [0.15, 0.2) is 77.3 Å². The molecule has 5 heteroatoms. The minimum atomic E-state index is 0.539. The van der Waals surface area contributed by atoms with E-state index in [1.807, 2.05) is 42.5 Å². The fourth-order valence-electron chi connectivity index (χ4n) is 4.22. The Balaban J connectivity index is 1.31. The minimum Gasteiger partial charge on any atom is -0.497 e. The summed E-state index contributed by atoms with van der Waals surface area (Å²) in [4.78, 5) is 2.61. The molecule has 0 radical (unpaired) electrons. The van der Waals surface area contributed by atoms with Crippen LogP contribution in [0.1, 0.15) is 24.0 Å². The molecule has 3 aromatic rings. The van der Waals surface area contributed by atoms with Crippen LogP contribution in [0.25, 0.3) is 0 Å². The average Bonchev–Trinajstić information content (AvgIpc) is 3.29. The summed E-state index contributed by atoms with van der Waals surface area (Å²) in [6, 6.07) is 25.4. The second-order valence-electron chi connectivity index (χ2n) is 8.19. The standard InChI is InChI=1S/C27H31BrN2O2/c1-31-24-14-12-21(13-15-24)16-18-30-17-6-8-23(30)19-29-26-10-4-5-11-27(26)32-20-22-7-2-3-9-25(22)28/h2-5,7,9-15,23,29H,6,8,16-20H2,1H3. The molecule has 0 aliphatic carbocycles. The number of methoxy groups -OCH3 is 1. The molecule has 1 aliphatic rings. The second kappa shape index (κ2) is 11.4. The van der Waals surface area contributed by atoms with Crippen LogP contribution in [0, 0.1) is 0 Å². The smallest absolute Gasteiger partial charge is 0.142 e. The molecule has 1 atom stereocenters. The Morgan fingerprint density at radius 3 is 2.59 bits per heavy atom. The lowest BCUT2D eigenvalue weighted by Crippen LogP contribution is -2.36. The molecule has 1 saturated heterocycles. The number of halogens is 1. The molecule has 4 rings (SSSR count). The van der Waals surface area contributed by atoms with Crippen LogP contribution < -0.4 is 14.8 Å². The van der Waals surface area contributed by atoms with Crippen molar-refractivity contribution in [3.8, 4) is 11.5 Å². The number of rotatable bonds is 10. The number of nitrogens with zero attached hydrogens (tertiary/aromatic N) is 1. The lowest BCUT2D eigenvalue weighted by atomic mass is 10.1. The van der Waals surface area contributed by atoms with Gasteiger partial charge in [0.2, 0.25) is 0 Å². The highest BCUT2D eigenvalue weighted by molar-refractivity contribution is 9.10. The summed E-state index contributed by atoms with van der Waals surface area (Å²) in [6.45, 7) is 3.72. The molecule has 0 spiro atoms. The quantitative estimate of drug-likeness (QED) is 0.366. The first-order chi connectivity index (χ1) is 15.7. The highest BCUT2D eigenvalue weighted by Crippen LogP contribution is 2.27. The maximum Gasteiger partial charge on any atom is 0.142 e. The van der Waals surface area contributed by atoms with Crippen LogP contribution in [0.5, 0.6) is 11.5 Å². The molecule has 0 saturated carbocycles. The Hall–Kier alpha value is -2.50. The molecule has 1 fully saturated rings. The van der Waals surface area contributed by atoms with E-state index in [1.165, 1.54) is 24.9 Å². The lowest BCUT2D eigenvalue weighted by molar-refractivity contribution is 0.265. The third kappa shape index (κ3) is 6.05. The van der Waals surface area contributed by atoms with Crippen molar-refractivity contribution in [2.45, 2.75) is 31.9 Å². The van der Waals surface area contributed by atoms with Crippen LogP contribution in [-0.4, -0.2) is 37.7 Å². The summed E-state index contributed by atoms with van der Waals surface area (Å²) in [5.74, 6) is 1.81. The molecule has 3 aromatic carbocycles. The highest BCUT2D eigenvalue weighted by Gasteiger charge is 2.24. The van der Waals surface area contributed by atoms with E-state index < -0.39 is 0 Å². The molecule has 168 valence electrons. The van der Waals surface area contributed by atoms with E-state index in [4.69, 9.17) is 9.47 Å². The fraction of sp³-hybridized carbons (Fsp3) is 0.333. The summed E-state index contributed by atoms with van der Waals surface area (Å²) in [5, 5.41) is 3.65. The molecule has 1 unspecified atom stereocenters. The zero-order valence-corrected chi connectivity index (χ0v) is 20.2. The first-order valence-electron chi connectivity index (χ1n) is 11.3. The van der Waals surface area contributed by atoms with E-state index in [0.29, 0.717) is 12.6 Å².